The number of carboxylic acids is 2. The van der Waals surface area contributed by atoms with E-state index in [4.69, 9.17) is 98.8 Å². The third-order valence-electron chi connectivity index (χ3n) is 15.3. The van der Waals surface area contributed by atoms with Crippen LogP contribution in [-0.2, 0) is 178 Å². The second kappa shape index (κ2) is 33.3. The van der Waals surface area contributed by atoms with Gasteiger partial charge < -0.3 is 96.5 Å². The van der Waals surface area contributed by atoms with Gasteiger partial charge in [-0.25, -0.2) is 34.7 Å². The smallest absolute Gasteiger partial charge is 0.397 e. The standard InChI is InChI=1S/C44H75NO45S6/c1-9-12-73-22-18(14-76-91(50,51)52)79-36(21(45)25(22)74-13-10-2)84-34-28(69-5)30(71-7)39(86-43(34,11-3)41(46)47)83-24-20(16-78-93(56,57)58)81-38(33(90-96(65,66)67)27(24)88-94(59,60)61)85-35-29(70-6)31-40(87-44(35,17-75-31)42(48)49)82-23-19(15-77-92(53,54)55)80-37(72-8)32(26(23)68-4)89-95(62,63)64/h18-40H,9-17,45H2,1-8H3,(H,46,47)(H,48,49)(H,50,51,52)(H,53,54,55)(H,56,57,58)(H,59,60,61)(H,62,63,64)(H,65,66,67)/t18-,19-,20-,21-,22-,23-,24-,25-,26+,27+,28-,29-,30-,31-,32-,33-,34+,35+,36+,37+,38-,39-,40?,43+,44+/m1/s1. The van der Waals surface area contributed by atoms with Gasteiger partial charge in [0.05, 0.1) is 32.5 Å². The highest BCUT2D eigenvalue weighted by atomic mass is 32.3. The van der Waals surface area contributed by atoms with Gasteiger partial charge in [-0.05, 0) is 19.3 Å². The van der Waals surface area contributed by atoms with Crippen LogP contribution in [0, 0.1) is 0 Å². The van der Waals surface area contributed by atoms with Gasteiger partial charge in [-0.2, -0.15) is 50.5 Å². The molecular weight excluding hydrogens is 1450 g/mol. The van der Waals surface area contributed by atoms with Gasteiger partial charge >= 0.3 is 74.3 Å². The Hall–Kier alpha value is -2.56. The van der Waals surface area contributed by atoms with Crippen LogP contribution in [0.3, 0.4) is 0 Å². The van der Waals surface area contributed by atoms with Gasteiger partial charge in [0.1, 0.15) is 91.6 Å². The zero-order chi connectivity index (χ0) is 72.1. The predicted octanol–water partition coefficient (Wildman–Crippen LogP) is -5.48. The van der Waals surface area contributed by atoms with Crippen molar-refractivity contribution in [1.82, 2.24) is 0 Å². The Morgan fingerprint density at radius 2 is 0.865 bits per heavy atom. The van der Waals surface area contributed by atoms with E-state index in [2.05, 4.69) is 12.5 Å². The molecule has 7 aliphatic rings. The first-order valence-electron chi connectivity index (χ1n) is 28.0. The van der Waals surface area contributed by atoms with Gasteiger partial charge in [0.15, 0.2) is 49.3 Å². The van der Waals surface area contributed by atoms with Crippen molar-refractivity contribution in [3.63, 3.8) is 0 Å². The fourth-order valence-corrected chi connectivity index (χ4v) is 13.8. The molecule has 7 fully saturated rings. The number of nitrogens with two attached hydrogens (primary N) is 1. The van der Waals surface area contributed by atoms with Crippen LogP contribution >= 0.6 is 0 Å². The van der Waals surface area contributed by atoms with Crippen LogP contribution in [-0.4, -0.2) is 328 Å². The molecule has 0 spiro atoms. The molecule has 0 saturated carbocycles. The molecule has 0 aromatic rings. The highest BCUT2D eigenvalue weighted by Crippen LogP contribution is 2.47. The largest absolute Gasteiger partial charge is 0.479 e. The third kappa shape index (κ3) is 20.4. The normalized spacial score (nSPS) is 38.9. The fraction of sp³-hybridized carbons (Fsp3) is 0.955. The Morgan fingerprint density at radius 1 is 0.438 bits per heavy atom. The van der Waals surface area contributed by atoms with Crippen LogP contribution in [0.25, 0.3) is 0 Å². The van der Waals surface area contributed by atoms with Gasteiger partial charge in [-0.15, -0.1) is 0 Å². The number of methoxy groups -OCH3 is 5. The summed E-state index contributed by atoms with van der Waals surface area (Å²) in [5.41, 5.74) is 0.623. The number of rotatable bonds is 37. The van der Waals surface area contributed by atoms with E-state index in [-0.39, 0.29) is 13.2 Å². The molecule has 0 radical (unpaired) electrons. The first-order valence-corrected chi connectivity index (χ1v) is 36.2. The molecule has 52 heteroatoms. The molecule has 25 atom stereocenters. The maximum absolute atomic E-state index is 13.9. The number of aliphatic carboxylic acids is 2. The molecule has 0 aromatic heterocycles. The molecule has 562 valence electrons. The average molecular weight is 1530 g/mol. The second-order valence-corrected chi connectivity index (χ2v) is 27.7. The van der Waals surface area contributed by atoms with E-state index >= 15 is 0 Å². The van der Waals surface area contributed by atoms with Crippen molar-refractivity contribution in [2.24, 2.45) is 5.73 Å². The molecule has 0 aliphatic carbocycles. The topological polar surface area (TPSA) is 639 Å². The lowest BCUT2D eigenvalue weighted by atomic mass is 9.83. The van der Waals surface area contributed by atoms with E-state index in [1.54, 1.807) is 13.8 Å². The number of carbonyl (C=O) groups is 2. The number of hydrogen-bond donors (Lipinski definition) is 9. The maximum atomic E-state index is 13.9. The first kappa shape index (κ1) is 82.4. The number of carboxylic acid groups (broad SMARTS) is 2. The fourth-order valence-electron chi connectivity index (χ4n) is 11.4. The van der Waals surface area contributed by atoms with Crippen molar-refractivity contribution >= 4 is 74.3 Å². The highest BCUT2D eigenvalue weighted by Gasteiger charge is 2.70. The van der Waals surface area contributed by atoms with Crippen molar-refractivity contribution in [1.29, 1.82) is 0 Å². The highest BCUT2D eigenvalue weighted by molar-refractivity contribution is 7.82. The zero-order valence-electron chi connectivity index (χ0n) is 51.4. The Bertz CT molecular complexity index is 3300. The van der Waals surface area contributed by atoms with Crippen LogP contribution in [0.15, 0.2) is 0 Å². The van der Waals surface area contributed by atoms with Crippen LogP contribution in [0.4, 0.5) is 0 Å². The van der Waals surface area contributed by atoms with Crippen molar-refractivity contribution < 1.29 is 203 Å². The van der Waals surface area contributed by atoms with Crippen molar-refractivity contribution in [3.05, 3.63) is 0 Å². The lowest BCUT2D eigenvalue weighted by Gasteiger charge is -2.57. The minimum absolute atomic E-state index is 0.00286. The maximum Gasteiger partial charge on any atom is 0.397 e. The molecule has 7 heterocycles. The lowest BCUT2D eigenvalue weighted by molar-refractivity contribution is -0.429. The van der Waals surface area contributed by atoms with Crippen LogP contribution in [0.1, 0.15) is 40.0 Å². The van der Waals surface area contributed by atoms with Gasteiger partial charge in [-0.1, -0.05) is 20.8 Å². The monoisotopic (exact) mass is 1530 g/mol. The Labute approximate surface area is 548 Å². The summed E-state index contributed by atoms with van der Waals surface area (Å²) in [6, 6.07) is -1.50. The van der Waals surface area contributed by atoms with Crippen molar-refractivity contribution in [3.8, 4) is 0 Å². The van der Waals surface area contributed by atoms with Gasteiger partial charge in [0.25, 0.3) is 0 Å². The molecule has 1 unspecified atom stereocenters. The summed E-state index contributed by atoms with van der Waals surface area (Å²) >= 11 is 0. The SMILES string of the molecule is CCCO[C@@H]1[C@@H](N)[C@H](O[C@H]2[C@H](OC)[C@@H](OC)[C@H](O[C@H]3[C@H](OS(=O)(=O)O)[C@@H](OS(=O)(=O)O)[C@@H](O[C@H]4[C@H](OC)[C@H]5OC[C@]4(C(=O)O)OC5O[C@H]4[C@H](OC)[C@@H](OS(=O)(=O)O)[C@@H](OC)O[C@@H]4COS(=O)(=O)O)O[C@@H]3COS(=O)(=O)O)O[C@]2(CC)C(=O)O)O[C@H](COS(=O)(=O)O)[C@H]1OCCC. The van der Waals surface area contributed by atoms with Gasteiger partial charge in [0.2, 0.25) is 5.60 Å². The zero-order valence-corrected chi connectivity index (χ0v) is 56.3. The minimum atomic E-state index is -6.15. The molecule has 10 N–H and O–H groups in total. The third-order valence-corrected chi connectivity index (χ3v) is 18.0. The Balaban J connectivity index is 1.44. The summed E-state index contributed by atoms with van der Waals surface area (Å²) in [6.45, 7) is -0.521. The summed E-state index contributed by atoms with van der Waals surface area (Å²) in [5.74, 6) is -4.10. The number of hydrogen-bond acceptors (Lipinski definition) is 38. The minimum Gasteiger partial charge on any atom is -0.479 e. The predicted molar refractivity (Wildman–Crippen MR) is 296 cm³/mol. The van der Waals surface area contributed by atoms with Gasteiger partial charge in [-0.3, -0.25) is 27.3 Å². The van der Waals surface area contributed by atoms with Crippen LogP contribution in [0.5, 0.6) is 0 Å². The summed E-state index contributed by atoms with van der Waals surface area (Å²) < 4.78 is 335. The summed E-state index contributed by atoms with van der Waals surface area (Å²) in [4.78, 5) is 27.6. The molecule has 0 amide bonds. The summed E-state index contributed by atoms with van der Waals surface area (Å²) in [5, 5.41) is 22.3. The lowest BCUT2D eigenvalue weighted by Crippen LogP contribution is -2.78. The molecule has 2 bridgehead atoms. The molecular formula is C44H75NO45S6. The van der Waals surface area contributed by atoms with Gasteiger partial charge in [0, 0.05) is 48.8 Å². The first-order chi connectivity index (χ1) is 44.5. The summed E-state index contributed by atoms with van der Waals surface area (Å²) in [6.07, 6.45) is -47.6. The molecule has 0 aromatic carbocycles. The van der Waals surface area contributed by atoms with E-state index in [9.17, 15) is 97.6 Å². The van der Waals surface area contributed by atoms with E-state index in [0.29, 0.717) is 12.8 Å². The Morgan fingerprint density at radius 3 is 1.30 bits per heavy atom. The second-order valence-electron chi connectivity index (χ2n) is 21.3. The van der Waals surface area contributed by atoms with E-state index in [1.165, 1.54) is 6.92 Å². The Kier molecular flexibility index (Phi) is 28.5. The number of ether oxygens (including phenoxy) is 17. The molecule has 7 rings (SSSR count). The van der Waals surface area contributed by atoms with Crippen LogP contribution < -0.4 is 5.73 Å². The van der Waals surface area contributed by atoms with Crippen molar-refractivity contribution in [2.75, 3.05) is 75.2 Å². The van der Waals surface area contributed by atoms with Crippen LogP contribution in [0.2, 0.25) is 0 Å². The molecule has 7 aliphatic heterocycles. The molecule has 7 saturated heterocycles. The summed E-state index contributed by atoms with van der Waals surface area (Å²) in [7, 11) is -29.5. The molecule has 96 heavy (non-hydrogen) atoms. The quantitative estimate of drug-likeness (QED) is 0.0262. The number of fused-ring (bicyclic) bond motifs is 3. The average Bonchev–Trinajstić information content (AvgIpc) is 0.729. The molecule has 46 nitrogen and oxygen atoms in total. The van der Waals surface area contributed by atoms with E-state index in [0.717, 1.165) is 35.5 Å². The van der Waals surface area contributed by atoms with E-state index < -0.39 is 260 Å². The van der Waals surface area contributed by atoms with E-state index in [1.807, 2.05) is 0 Å². The van der Waals surface area contributed by atoms with Crippen molar-refractivity contribution in [2.45, 2.75) is 192 Å².